The lowest BCUT2D eigenvalue weighted by molar-refractivity contribution is 0.557. The second-order valence-electron chi connectivity index (χ2n) is 3.53. The molecule has 78 valence electrons. The van der Waals surface area contributed by atoms with Crippen LogP contribution in [-0.4, -0.2) is 10.2 Å². The molecule has 0 saturated heterocycles. The minimum absolute atomic E-state index is 0.613. The van der Waals surface area contributed by atoms with E-state index in [4.69, 9.17) is 0 Å². The molecule has 2 unspecified atom stereocenters. The molecule has 0 nitrogen and oxygen atoms in total. The Bertz CT molecular complexity index is 246. The maximum absolute atomic E-state index is 3.73. The lowest BCUT2D eigenvalue weighted by Gasteiger charge is -2.19. The molecule has 14 heavy (non-hydrogen) atoms. The van der Waals surface area contributed by atoms with Crippen LogP contribution in [0.3, 0.4) is 0 Å². The van der Waals surface area contributed by atoms with Gasteiger partial charge in [-0.05, 0) is 24.3 Å². The van der Waals surface area contributed by atoms with Crippen molar-refractivity contribution in [3.63, 3.8) is 0 Å². The fraction of sp³-hybridized carbons (Fsp3) is 0.500. The topological polar surface area (TPSA) is 0 Å². The molecule has 2 atom stereocenters. The van der Waals surface area contributed by atoms with Crippen molar-refractivity contribution in [1.82, 2.24) is 0 Å². The molecule has 0 fully saturated rings. The summed E-state index contributed by atoms with van der Waals surface area (Å²) < 4.78 is 0. The van der Waals surface area contributed by atoms with Crippen LogP contribution in [0.15, 0.2) is 30.3 Å². The fourth-order valence-corrected chi connectivity index (χ4v) is 3.08. The van der Waals surface area contributed by atoms with E-state index in [0.29, 0.717) is 10.7 Å². The highest BCUT2D eigenvalue weighted by Crippen LogP contribution is 2.22. The van der Waals surface area contributed by atoms with Crippen molar-refractivity contribution >= 4 is 31.9 Å². The monoisotopic (exact) mass is 318 g/mol. The summed E-state index contributed by atoms with van der Waals surface area (Å²) in [5.41, 5.74) is 1.43. The molecule has 1 aromatic carbocycles. The Hall–Kier alpha value is 0.180. The first kappa shape index (κ1) is 12.3. The Morgan fingerprint density at radius 3 is 2.36 bits per heavy atom. The molecule has 0 bridgehead atoms. The van der Waals surface area contributed by atoms with Gasteiger partial charge >= 0.3 is 0 Å². The molecule has 0 aliphatic rings. The molecule has 1 rings (SSSR count). The van der Waals surface area contributed by atoms with E-state index in [9.17, 15) is 0 Å². The highest BCUT2D eigenvalue weighted by Gasteiger charge is 2.16. The number of hydrogen-bond acceptors (Lipinski definition) is 0. The largest absolute Gasteiger partial charge is 0.0925 e. The van der Waals surface area contributed by atoms with Crippen molar-refractivity contribution in [3.8, 4) is 0 Å². The number of hydrogen-bond donors (Lipinski definition) is 0. The highest BCUT2D eigenvalue weighted by atomic mass is 79.9. The zero-order valence-electron chi connectivity index (χ0n) is 8.42. The van der Waals surface area contributed by atoms with Crippen LogP contribution < -0.4 is 0 Å². The van der Waals surface area contributed by atoms with Crippen LogP contribution in [0, 0.1) is 5.92 Å². The summed E-state index contributed by atoms with van der Waals surface area (Å²) in [4.78, 5) is 0.613. The van der Waals surface area contributed by atoms with Gasteiger partial charge in [0.05, 0.1) is 0 Å². The molecule has 0 radical (unpaired) electrons. The van der Waals surface area contributed by atoms with E-state index in [1.54, 1.807) is 0 Å². The number of benzene rings is 1. The molecule has 0 spiro atoms. The molecule has 0 saturated carbocycles. The summed E-state index contributed by atoms with van der Waals surface area (Å²) in [5.74, 6) is 0.683. The number of alkyl halides is 2. The van der Waals surface area contributed by atoms with Crippen molar-refractivity contribution in [2.45, 2.75) is 24.6 Å². The van der Waals surface area contributed by atoms with Crippen LogP contribution in [0.25, 0.3) is 0 Å². The Kier molecular flexibility index (Phi) is 5.80. The van der Waals surface area contributed by atoms with E-state index in [1.807, 2.05) is 0 Å². The van der Waals surface area contributed by atoms with Gasteiger partial charge in [-0.1, -0.05) is 69.1 Å². The van der Waals surface area contributed by atoms with E-state index in [-0.39, 0.29) is 0 Å². The zero-order chi connectivity index (χ0) is 10.4. The second-order valence-corrected chi connectivity index (χ2v) is 5.35. The molecular weight excluding hydrogens is 304 g/mol. The summed E-state index contributed by atoms with van der Waals surface area (Å²) in [6.45, 7) is 2.22. The van der Waals surface area contributed by atoms with Crippen molar-refractivity contribution in [2.24, 2.45) is 5.92 Å². The molecule has 2 heteroatoms. The van der Waals surface area contributed by atoms with E-state index >= 15 is 0 Å². The predicted octanol–water partition coefficient (Wildman–Crippen LogP) is 4.41. The molecule has 0 N–H and O–H groups in total. The Morgan fingerprint density at radius 1 is 1.21 bits per heavy atom. The smallest absolute Gasteiger partial charge is 0.0182 e. The van der Waals surface area contributed by atoms with Crippen molar-refractivity contribution in [1.29, 1.82) is 0 Å². The molecule has 0 aliphatic carbocycles. The number of halogens is 2. The van der Waals surface area contributed by atoms with Gasteiger partial charge in [-0.3, -0.25) is 0 Å². The molecule has 0 aliphatic heterocycles. The molecule has 0 heterocycles. The van der Waals surface area contributed by atoms with Gasteiger partial charge in [0.2, 0.25) is 0 Å². The van der Waals surface area contributed by atoms with Gasteiger partial charge in [0, 0.05) is 10.2 Å². The van der Waals surface area contributed by atoms with Crippen molar-refractivity contribution < 1.29 is 0 Å². The van der Waals surface area contributed by atoms with Crippen LogP contribution in [0.5, 0.6) is 0 Å². The standard InChI is InChI=1S/C12H16Br2/c1-2-12(14)11(9-13)8-10-6-4-3-5-7-10/h3-7,11-12H,2,8-9H2,1H3. The van der Waals surface area contributed by atoms with Crippen LogP contribution in [0.4, 0.5) is 0 Å². The summed E-state index contributed by atoms with van der Waals surface area (Å²) >= 11 is 7.32. The highest BCUT2D eigenvalue weighted by molar-refractivity contribution is 9.10. The van der Waals surface area contributed by atoms with Crippen LogP contribution in [0.1, 0.15) is 18.9 Å². The van der Waals surface area contributed by atoms with Gasteiger partial charge in [-0.15, -0.1) is 0 Å². The lowest BCUT2D eigenvalue weighted by atomic mass is 9.97. The van der Waals surface area contributed by atoms with Gasteiger partial charge in [0.1, 0.15) is 0 Å². The Morgan fingerprint density at radius 2 is 1.86 bits per heavy atom. The normalized spacial score (nSPS) is 15.1. The quantitative estimate of drug-likeness (QED) is 0.705. The minimum atomic E-state index is 0.613. The second kappa shape index (κ2) is 6.62. The first-order valence-electron chi connectivity index (χ1n) is 5.01. The number of rotatable bonds is 5. The van der Waals surface area contributed by atoms with Gasteiger partial charge in [-0.25, -0.2) is 0 Å². The van der Waals surface area contributed by atoms with E-state index in [0.717, 1.165) is 11.8 Å². The van der Waals surface area contributed by atoms with Gasteiger partial charge in [-0.2, -0.15) is 0 Å². The first-order chi connectivity index (χ1) is 6.77. The van der Waals surface area contributed by atoms with Crippen LogP contribution in [-0.2, 0) is 6.42 Å². The van der Waals surface area contributed by atoms with Gasteiger partial charge in [0.15, 0.2) is 0 Å². The predicted molar refractivity (Wildman–Crippen MR) is 70.4 cm³/mol. The van der Waals surface area contributed by atoms with Crippen LogP contribution >= 0.6 is 31.9 Å². The van der Waals surface area contributed by atoms with E-state index in [2.05, 4.69) is 69.1 Å². The van der Waals surface area contributed by atoms with Gasteiger partial charge < -0.3 is 0 Å². The Balaban J connectivity index is 2.57. The summed E-state index contributed by atoms with van der Waals surface area (Å²) in [6.07, 6.45) is 2.33. The molecule has 0 aromatic heterocycles. The summed E-state index contributed by atoms with van der Waals surface area (Å²) in [5, 5.41) is 1.06. The average Bonchev–Trinajstić information content (AvgIpc) is 2.26. The van der Waals surface area contributed by atoms with E-state index < -0.39 is 0 Å². The van der Waals surface area contributed by atoms with Crippen molar-refractivity contribution in [2.75, 3.05) is 5.33 Å². The third-order valence-corrected chi connectivity index (χ3v) is 4.67. The fourth-order valence-electron chi connectivity index (χ4n) is 1.53. The Labute approximate surface area is 103 Å². The summed E-state index contributed by atoms with van der Waals surface area (Å²) in [6, 6.07) is 10.7. The third-order valence-electron chi connectivity index (χ3n) is 2.44. The SMILES string of the molecule is CCC(Br)C(CBr)Cc1ccccc1. The lowest BCUT2D eigenvalue weighted by Crippen LogP contribution is -2.17. The van der Waals surface area contributed by atoms with Gasteiger partial charge in [0.25, 0.3) is 0 Å². The maximum Gasteiger partial charge on any atom is 0.0182 e. The molecule has 0 amide bonds. The van der Waals surface area contributed by atoms with E-state index in [1.165, 1.54) is 12.0 Å². The maximum atomic E-state index is 3.73. The minimum Gasteiger partial charge on any atom is -0.0925 e. The van der Waals surface area contributed by atoms with Crippen molar-refractivity contribution in [3.05, 3.63) is 35.9 Å². The zero-order valence-corrected chi connectivity index (χ0v) is 11.6. The van der Waals surface area contributed by atoms with Crippen LogP contribution in [0.2, 0.25) is 0 Å². The average molecular weight is 320 g/mol. The first-order valence-corrected chi connectivity index (χ1v) is 7.05. The molecular formula is C12H16Br2. The third kappa shape index (κ3) is 3.74. The summed E-state index contributed by atoms with van der Waals surface area (Å²) in [7, 11) is 0. The molecule has 1 aromatic rings.